The molecule has 0 heterocycles. The molecule has 2 N–H and O–H groups in total. The predicted molar refractivity (Wildman–Crippen MR) is 70.3 cm³/mol. The summed E-state index contributed by atoms with van der Waals surface area (Å²) in [5.41, 5.74) is 2.90. The molecule has 0 radical (unpaired) electrons. The molecule has 16 heavy (non-hydrogen) atoms. The Kier molecular flexibility index (Phi) is 3.41. The van der Waals surface area contributed by atoms with Crippen LogP contribution in [-0.4, -0.2) is 20.1 Å². The number of anilines is 1. The molecule has 0 atom stereocenters. The third-order valence-electron chi connectivity index (χ3n) is 3.35. The summed E-state index contributed by atoms with van der Waals surface area (Å²) in [6, 6.07) is 6.00. The fourth-order valence-electron chi connectivity index (χ4n) is 2.08. The van der Waals surface area contributed by atoms with Gasteiger partial charge < -0.3 is 10.6 Å². The van der Waals surface area contributed by atoms with Crippen LogP contribution >= 0.6 is 11.6 Å². The summed E-state index contributed by atoms with van der Waals surface area (Å²) in [5, 5.41) is 7.60. The topological polar surface area (TPSA) is 24.1 Å². The van der Waals surface area contributed by atoms with Crippen molar-refractivity contribution in [2.45, 2.75) is 19.8 Å². The van der Waals surface area contributed by atoms with Gasteiger partial charge >= 0.3 is 0 Å². The van der Waals surface area contributed by atoms with Gasteiger partial charge in [-0.2, -0.15) is 0 Å². The Hall–Kier alpha value is -0.730. The predicted octanol–water partition coefficient (Wildman–Crippen LogP) is 3.06. The molecule has 1 aliphatic carbocycles. The van der Waals surface area contributed by atoms with Crippen molar-refractivity contribution in [3.63, 3.8) is 0 Å². The van der Waals surface area contributed by atoms with E-state index in [-0.39, 0.29) is 0 Å². The zero-order valence-electron chi connectivity index (χ0n) is 9.94. The van der Waals surface area contributed by atoms with Crippen molar-refractivity contribution in [1.29, 1.82) is 0 Å². The molecule has 1 aromatic carbocycles. The highest BCUT2D eigenvalue weighted by molar-refractivity contribution is 6.30. The Bertz CT molecular complexity index is 372. The molecule has 0 spiro atoms. The zero-order chi connectivity index (χ0) is 11.6. The maximum Gasteiger partial charge on any atom is 0.0410 e. The van der Waals surface area contributed by atoms with Crippen LogP contribution in [0.4, 0.5) is 5.69 Å². The number of hydrogen-bond acceptors (Lipinski definition) is 2. The lowest BCUT2D eigenvalue weighted by molar-refractivity contribution is 0.507. The summed E-state index contributed by atoms with van der Waals surface area (Å²) < 4.78 is 0. The number of hydrogen-bond donors (Lipinski definition) is 2. The summed E-state index contributed by atoms with van der Waals surface area (Å²) in [6.07, 6.45) is 2.65. The quantitative estimate of drug-likeness (QED) is 0.824. The summed E-state index contributed by atoms with van der Waals surface area (Å²) in [6.45, 7) is 4.24. The van der Waals surface area contributed by atoms with Crippen molar-refractivity contribution in [2.24, 2.45) is 5.41 Å². The molecule has 2 nitrogen and oxygen atoms in total. The molecule has 0 bridgehead atoms. The van der Waals surface area contributed by atoms with Crippen LogP contribution in [0.3, 0.4) is 0 Å². The third-order valence-corrected chi connectivity index (χ3v) is 3.59. The normalized spacial score (nSPS) is 17.2. The van der Waals surface area contributed by atoms with Crippen LogP contribution in [0.15, 0.2) is 18.2 Å². The first-order chi connectivity index (χ1) is 7.65. The molecule has 88 valence electrons. The van der Waals surface area contributed by atoms with Crippen LogP contribution in [0.2, 0.25) is 5.02 Å². The number of rotatable bonds is 5. The Morgan fingerprint density at radius 2 is 2.06 bits per heavy atom. The second kappa shape index (κ2) is 4.64. The number of nitrogens with one attached hydrogen (secondary N) is 2. The monoisotopic (exact) mass is 238 g/mol. The summed E-state index contributed by atoms with van der Waals surface area (Å²) in [5.74, 6) is 0. The molecule has 0 unspecified atom stereocenters. The molecule has 0 amide bonds. The van der Waals surface area contributed by atoms with E-state index in [9.17, 15) is 0 Å². The van der Waals surface area contributed by atoms with Gasteiger partial charge in [0.15, 0.2) is 0 Å². The van der Waals surface area contributed by atoms with Crippen LogP contribution in [0.1, 0.15) is 18.4 Å². The van der Waals surface area contributed by atoms with Crippen molar-refractivity contribution in [2.75, 3.05) is 25.5 Å². The van der Waals surface area contributed by atoms with Crippen molar-refractivity contribution < 1.29 is 0 Å². The van der Waals surface area contributed by atoms with E-state index in [1.165, 1.54) is 24.1 Å². The summed E-state index contributed by atoms with van der Waals surface area (Å²) in [4.78, 5) is 0. The van der Waals surface area contributed by atoms with Crippen LogP contribution in [0, 0.1) is 12.3 Å². The van der Waals surface area contributed by atoms with E-state index >= 15 is 0 Å². The van der Waals surface area contributed by atoms with Gasteiger partial charge in [-0.3, -0.25) is 0 Å². The lowest BCUT2D eigenvalue weighted by Gasteiger charge is -2.17. The van der Waals surface area contributed by atoms with E-state index in [1.54, 1.807) is 0 Å². The Morgan fingerprint density at radius 3 is 2.62 bits per heavy atom. The van der Waals surface area contributed by atoms with E-state index in [1.807, 2.05) is 19.2 Å². The average Bonchev–Trinajstić information content (AvgIpc) is 2.98. The molecule has 0 saturated heterocycles. The van der Waals surface area contributed by atoms with E-state index < -0.39 is 0 Å². The minimum atomic E-state index is 0.487. The Balaban J connectivity index is 1.94. The van der Waals surface area contributed by atoms with E-state index in [0.717, 1.165) is 18.1 Å². The zero-order valence-corrected chi connectivity index (χ0v) is 10.7. The Labute approximate surface area is 102 Å². The average molecular weight is 239 g/mol. The third kappa shape index (κ3) is 2.69. The van der Waals surface area contributed by atoms with Crippen LogP contribution in [0.5, 0.6) is 0 Å². The van der Waals surface area contributed by atoms with E-state index in [4.69, 9.17) is 11.6 Å². The number of benzene rings is 1. The summed E-state index contributed by atoms with van der Waals surface area (Å²) in [7, 11) is 2.02. The van der Waals surface area contributed by atoms with Crippen LogP contribution < -0.4 is 10.6 Å². The van der Waals surface area contributed by atoms with Gasteiger partial charge in [-0.1, -0.05) is 11.6 Å². The molecule has 0 aliphatic heterocycles. The van der Waals surface area contributed by atoms with Gasteiger partial charge in [0.05, 0.1) is 0 Å². The lowest BCUT2D eigenvalue weighted by Crippen LogP contribution is -2.26. The van der Waals surface area contributed by atoms with E-state index in [0.29, 0.717) is 5.41 Å². The highest BCUT2D eigenvalue weighted by atomic mass is 35.5. The van der Waals surface area contributed by atoms with Crippen molar-refractivity contribution in [1.82, 2.24) is 5.32 Å². The molecule has 1 fully saturated rings. The van der Waals surface area contributed by atoms with Gasteiger partial charge in [-0.15, -0.1) is 0 Å². The fourth-order valence-corrected chi connectivity index (χ4v) is 2.30. The maximum absolute atomic E-state index is 5.93. The van der Waals surface area contributed by atoms with Gasteiger partial charge in [0.1, 0.15) is 0 Å². The van der Waals surface area contributed by atoms with Crippen molar-refractivity contribution in [3.05, 3.63) is 28.8 Å². The Morgan fingerprint density at radius 1 is 1.31 bits per heavy atom. The van der Waals surface area contributed by atoms with Gasteiger partial charge in [0.25, 0.3) is 0 Å². The largest absolute Gasteiger partial charge is 0.384 e. The molecule has 2 rings (SSSR count). The SMILES string of the molecule is CNCC1(CNc2ccc(Cl)cc2C)CC1. The molecule has 1 aromatic rings. The fraction of sp³-hybridized carbons (Fsp3) is 0.538. The van der Waals surface area contributed by atoms with Gasteiger partial charge in [0.2, 0.25) is 0 Å². The lowest BCUT2D eigenvalue weighted by atomic mass is 10.1. The minimum Gasteiger partial charge on any atom is -0.384 e. The van der Waals surface area contributed by atoms with Crippen LogP contribution in [-0.2, 0) is 0 Å². The number of halogens is 1. The second-order valence-corrected chi connectivity index (χ2v) is 5.28. The molecule has 1 saturated carbocycles. The molecule has 3 heteroatoms. The summed E-state index contributed by atoms with van der Waals surface area (Å²) >= 11 is 5.93. The van der Waals surface area contributed by atoms with Gasteiger partial charge in [0, 0.05) is 29.2 Å². The molecule has 0 aromatic heterocycles. The number of aryl methyl sites for hydroxylation is 1. The highest BCUT2D eigenvalue weighted by Crippen LogP contribution is 2.45. The van der Waals surface area contributed by atoms with Gasteiger partial charge in [-0.05, 0) is 50.6 Å². The van der Waals surface area contributed by atoms with Crippen molar-refractivity contribution in [3.8, 4) is 0 Å². The standard InChI is InChI=1S/C13H19ClN2/c1-10-7-11(14)3-4-12(10)16-9-13(5-6-13)8-15-2/h3-4,7,15-16H,5-6,8-9H2,1-2H3. The molecular weight excluding hydrogens is 220 g/mol. The smallest absolute Gasteiger partial charge is 0.0410 e. The van der Waals surface area contributed by atoms with E-state index in [2.05, 4.69) is 23.6 Å². The first-order valence-corrected chi connectivity index (χ1v) is 6.18. The maximum atomic E-state index is 5.93. The van der Waals surface area contributed by atoms with Crippen LogP contribution in [0.25, 0.3) is 0 Å². The first-order valence-electron chi connectivity index (χ1n) is 5.80. The minimum absolute atomic E-state index is 0.487. The molecule has 1 aliphatic rings. The first kappa shape index (κ1) is 11.7. The van der Waals surface area contributed by atoms with Gasteiger partial charge in [-0.25, -0.2) is 0 Å². The molecular formula is C13H19ClN2. The van der Waals surface area contributed by atoms with Crippen molar-refractivity contribution >= 4 is 17.3 Å². The second-order valence-electron chi connectivity index (χ2n) is 4.84. The highest BCUT2D eigenvalue weighted by Gasteiger charge is 2.41.